The fourth-order valence-corrected chi connectivity index (χ4v) is 3.84. The molecule has 0 amide bonds. The van der Waals surface area contributed by atoms with Crippen molar-refractivity contribution >= 4 is 0 Å². The lowest BCUT2D eigenvalue weighted by Crippen LogP contribution is -2.36. The SMILES string of the molecule is CCCCCCCCCCCCCCCCc1[nH]cc[n+]1CCCCC. The van der Waals surface area contributed by atoms with Crippen molar-refractivity contribution in [3.63, 3.8) is 0 Å². The van der Waals surface area contributed by atoms with Gasteiger partial charge in [-0.1, -0.05) is 104 Å². The summed E-state index contributed by atoms with van der Waals surface area (Å²) in [5, 5.41) is 0. The number of aromatic nitrogens is 2. The quantitative estimate of drug-likeness (QED) is 0.194. The molecule has 1 rings (SSSR count). The normalized spacial score (nSPS) is 11.3. The number of H-pyrrole nitrogens is 1. The zero-order chi connectivity index (χ0) is 18.7. The molecule has 0 radical (unpaired) electrons. The Labute approximate surface area is 164 Å². The van der Waals surface area contributed by atoms with Crippen LogP contribution in [0.25, 0.3) is 0 Å². The second-order valence-corrected chi connectivity index (χ2v) is 8.15. The number of rotatable bonds is 19. The molecule has 0 bridgehead atoms. The first-order valence-corrected chi connectivity index (χ1v) is 11.9. The van der Waals surface area contributed by atoms with Gasteiger partial charge in [0.2, 0.25) is 0 Å². The van der Waals surface area contributed by atoms with Gasteiger partial charge in [0.15, 0.2) is 0 Å². The highest BCUT2D eigenvalue weighted by molar-refractivity contribution is 4.77. The summed E-state index contributed by atoms with van der Waals surface area (Å²) in [5.74, 6) is 1.43. The van der Waals surface area contributed by atoms with E-state index in [-0.39, 0.29) is 0 Å². The minimum Gasteiger partial charge on any atom is -0.248 e. The van der Waals surface area contributed by atoms with Gasteiger partial charge in [-0.25, -0.2) is 9.55 Å². The number of nitrogens with zero attached hydrogens (tertiary/aromatic N) is 1. The van der Waals surface area contributed by atoms with Gasteiger partial charge in [0.25, 0.3) is 5.82 Å². The highest BCUT2D eigenvalue weighted by Crippen LogP contribution is 2.13. The highest BCUT2D eigenvalue weighted by Gasteiger charge is 2.09. The largest absolute Gasteiger partial charge is 0.254 e. The van der Waals surface area contributed by atoms with Gasteiger partial charge in [0.05, 0.1) is 6.54 Å². The van der Waals surface area contributed by atoms with Crippen LogP contribution in [-0.4, -0.2) is 4.98 Å². The predicted octanol–water partition coefficient (Wildman–Crippen LogP) is 7.52. The molecule has 0 fully saturated rings. The predicted molar refractivity (Wildman–Crippen MR) is 115 cm³/mol. The Hall–Kier alpha value is -0.790. The number of hydrogen-bond donors (Lipinski definition) is 1. The molecule has 2 nitrogen and oxygen atoms in total. The Balaban J connectivity index is 1.86. The van der Waals surface area contributed by atoms with Gasteiger partial charge < -0.3 is 0 Å². The van der Waals surface area contributed by atoms with Gasteiger partial charge in [0, 0.05) is 6.42 Å². The van der Waals surface area contributed by atoms with Crippen molar-refractivity contribution in [2.75, 3.05) is 0 Å². The summed E-state index contributed by atoms with van der Waals surface area (Å²) in [4.78, 5) is 3.44. The van der Waals surface area contributed by atoms with E-state index < -0.39 is 0 Å². The molecule has 152 valence electrons. The van der Waals surface area contributed by atoms with Crippen molar-refractivity contribution < 1.29 is 4.57 Å². The van der Waals surface area contributed by atoms with E-state index in [4.69, 9.17) is 0 Å². The minimum absolute atomic E-state index is 1.19. The maximum absolute atomic E-state index is 3.44. The van der Waals surface area contributed by atoms with Crippen molar-refractivity contribution in [1.29, 1.82) is 0 Å². The fourth-order valence-electron chi connectivity index (χ4n) is 3.84. The van der Waals surface area contributed by atoms with E-state index in [1.807, 2.05) is 0 Å². The summed E-state index contributed by atoms with van der Waals surface area (Å²) in [6.07, 6.45) is 29.6. The lowest BCUT2D eigenvalue weighted by atomic mass is 10.0. The maximum atomic E-state index is 3.44. The average molecular weight is 364 g/mol. The lowest BCUT2D eigenvalue weighted by Gasteiger charge is -2.03. The monoisotopic (exact) mass is 363 g/mol. The minimum atomic E-state index is 1.19. The highest BCUT2D eigenvalue weighted by atomic mass is 15.1. The molecule has 0 saturated carbocycles. The molecule has 1 N–H and O–H groups in total. The summed E-state index contributed by atoms with van der Waals surface area (Å²) in [6.45, 7) is 5.76. The lowest BCUT2D eigenvalue weighted by molar-refractivity contribution is -0.703. The van der Waals surface area contributed by atoms with E-state index in [2.05, 4.69) is 35.8 Å². The van der Waals surface area contributed by atoms with Crippen LogP contribution in [0, 0.1) is 0 Å². The second kappa shape index (κ2) is 17.6. The Morgan fingerprint density at radius 3 is 1.62 bits per heavy atom. The van der Waals surface area contributed by atoms with Crippen LogP contribution in [0.2, 0.25) is 0 Å². The zero-order valence-corrected chi connectivity index (χ0v) is 18.0. The van der Waals surface area contributed by atoms with Gasteiger partial charge in [0.1, 0.15) is 12.4 Å². The molecule has 1 aromatic heterocycles. The molecule has 0 aromatic carbocycles. The van der Waals surface area contributed by atoms with E-state index in [1.54, 1.807) is 0 Å². The van der Waals surface area contributed by atoms with Gasteiger partial charge in [-0.3, -0.25) is 0 Å². The average Bonchev–Trinajstić information content (AvgIpc) is 3.09. The number of imidazole rings is 1. The molecule has 1 aromatic rings. The van der Waals surface area contributed by atoms with Crippen molar-refractivity contribution in [3.8, 4) is 0 Å². The van der Waals surface area contributed by atoms with Crippen LogP contribution >= 0.6 is 0 Å². The molecule has 0 atom stereocenters. The second-order valence-electron chi connectivity index (χ2n) is 8.15. The van der Waals surface area contributed by atoms with Gasteiger partial charge in [-0.2, -0.15) is 0 Å². The van der Waals surface area contributed by atoms with E-state index in [0.717, 1.165) is 0 Å². The first kappa shape index (κ1) is 23.2. The van der Waals surface area contributed by atoms with Crippen molar-refractivity contribution in [2.45, 2.75) is 136 Å². The van der Waals surface area contributed by atoms with E-state index >= 15 is 0 Å². The Morgan fingerprint density at radius 1 is 0.615 bits per heavy atom. The van der Waals surface area contributed by atoms with Crippen molar-refractivity contribution in [1.82, 2.24) is 4.98 Å². The third-order valence-electron chi connectivity index (χ3n) is 5.62. The van der Waals surface area contributed by atoms with E-state index in [0.29, 0.717) is 0 Å². The van der Waals surface area contributed by atoms with Gasteiger partial charge in [-0.15, -0.1) is 0 Å². The molecular weight excluding hydrogens is 316 g/mol. The molecule has 0 aliphatic rings. The van der Waals surface area contributed by atoms with Crippen LogP contribution < -0.4 is 4.57 Å². The summed E-state index contributed by atoms with van der Waals surface area (Å²) in [7, 11) is 0. The van der Waals surface area contributed by atoms with Crippen LogP contribution in [0.1, 0.15) is 129 Å². The summed E-state index contributed by atoms with van der Waals surface area (Å²) < 4.78 is 2.43. The standard InChI is InChI=1S/C24H46N2/c1-3-5-7-8-9-10-11-12-13-14-15-16-17-18-20-24-25-21-23-26(24)22-19-6-4-2/h21,23H,3-20,22H2,1-2H3/p+1. The van der Waals surface area contributed by atoms with Crippen LogP contribution in [-0.2, 0) is 13.0 Å². The zero-order valence-electron chi connectivity index (χ0n) is 18.0. The third kappa shape index (κ3) is 12.5. The number of nitrogens with one attached hydrogen (secondary N) is 1. The summed E-state index contributed by atoms with van der Waals surface area (Å²) >= 11 is 0. The molecular formula is C24H47N2+. The van der Waals surface area contributed by atoms with E-state index in [9.17, 15) is 0 Å². The molecule has 0 saturated heterocycles. The molecule has 1 heterocycles. The summed E-state index contributed by atoms with van der Waals surface area (Å²) in [6, 6.07) is 0. The van der Waals surface area contributed by atoms with E-state index in [1.165, 1.54) is 128 Å². The molecule has 0 unspecified atom stereocenters. The topological polar surface area (TPSA) is 19.7 Å². The first-order valence-electron chi connectivity index (χ1n) is 11.9. The maximum Gasteiger partial charge on any atom is 0.254 e. The smallest absolute Gasteiger partial charge is 0.248 e. The third-order valence-corrected chi connectivity index (χ3v) is 5.62. The number of hydrogen-bond acceptors (Lipinski definition) is 0. The van der Waals surface area contributed by atoms with Gasteiger partial charge in [-0.05, 0) is 19.3 Å². The molecule has 26 heavy (non-hydrogen) atoms. The first-order chi connectivity index (χ1) is 12.9. The molecule has 0 aliphatic heterocycles. The number of aryl methyl sites for hydroxylation is 2. The number of aromatic amines is 1. The molecule has 0 spiro atoms. The van der Waals surface area contributed by atoms with Crippen LogP contribution in [0.15, 0.2) is 12.4 Å². The van der Waals surface area contributed by atoms with Crippen LogP contribution in [0.3, 0.4) is 0 Å². The number of unbranched alkanes of at least 4 members (excludes halogenated alkanes) is 15. The fraction of sp³-hybridized carbons (Fsp3) is 0.875. The Bertz CT molecular complexity index is 397. The Kier molecular flexibility index (Phi) is 15.8. The molecule has 0 aliphatic carbocycles. The Morgan fingerprint density at radius 2 is 1.08 bits per heavy atom. The molecule has 2 heteroatoms. The van der Waals surface area contributed by atoms with Crippen molar-refractivity contribution in [3.05, 3.63) is 18.2 Å². The van der Waals surface area contributed by atoms with Crippen LogP contribution in [0.4, 0.5) is 0 Å². The van der Waals surface area contributed by atoms with Crippen molar-refractivity contribution in [2.24, 2.45) is 0 Å². The van der Waals surface area contributed by atoms with Gasteiger partial charge >= 0.3 is 0 Å². The van der Waals surface area contributed by atoms with Crippen LogP contribution in [0.5, 0.6) is 0 Å². The summed E-state index contributed by atoms with van der Waals surface area (Å²) in [5.41, 5.74) is 0.